The van der Waals surface area contributed by atoms with Crippen LogP contribution in [0.3, 0.4) is 0 Å². The van der Waals surface area contributed by atoms with Crippen LogP contribution in [0.4, 0.5) is 0 Å². The van der Waals surface area contributed by atoms with Gasteiger partial charge < -0.3 is 4.84 Å². The van der Waals surface area contributed by atoms with Crippen LogP contribution in [0.15, 0.2) is 6.20 Å². The third-order valence-corrected chi connectivity index (χ3v) is 0.870. The molecule has 52 valence electrons. The highest BCUT2D eigenvalue weighted by atomic mass is 16.6. The van der Waals surface area contributed by atoms with E-state index in [0.29, 0.717) is 6.29 Å². The highest BCUT2D eigenvalue weighted by Crippen LogP contribution is 2.06. The molecule has 0 saturated heterocycles. The lowest BCUT2D eigenvalue weighted by Crippen LogP contribution is -2.07. The summed E-state index contributed by atoms with van der Waals surface area (Å²) in [6.07, 6.45) is 1.69. The number of nitrogens with zero attached hydrogens (tertiary/aromatic N) is 3. The quantitative estimate of drug-likeness (QED) is 0.415. The normalized spacial score (nSPS) is 8.90. The van der Waals surface area contributed by atoms with Crippen molar-refractivity contribution in [2.75, 3.05) is 0 Å². The number of aromatic nitrogens is 3. The lowest BCUT2D eigenvalue weighted by molar-refractivity contribution is 0.111. The number of rotatable bonds is 2. The Bertz CT molecular complexity index is 238. The van der Waals surface area contributed by atoms with Gasteiger partial charge in [0.2, 0.25) is 0 Å². The Labute approximate surface area is 56.0 Å². The van der Waals surface area contributed by atoms with E-state index in [1.54, 1.807) is 0 Å². The second-order valence-electron chi connectivity index (χ2n) is 1.42. The maximum absolute atomic E-state index is 10.1. The van der Waals surface area contributed by atoms with Crippen LogP contribution in [-0.4, -0.2) is 21.7 Å². The summed E-state index contributed by atoms with van der Waals surface area (Å²) < 4.78 is 0. The maximum Gasteiger partial charge on any atom is 0.197 e. The van der Waals surface area contributed by atoms with Crippen molar-refractivity contribution in [3.63, 3.8) is 0 Å². The molecule has 1 rings (SSSR count). The molecule has 0 atom stereocenters. The van der Waals surface area contributed by atoms with Crippen molar-refractivity contribution >= 4 is 6.29 Å². The molecule has 0 aliphatic rings. The maximum atomic E-state index is 10.1. The zero-order chi connectivity index (χ0) is 7.40. The number of nitrogens with two attached hydrogens (primary N) is 1. The average molecular weight is 140 g/mol. The molecule has 1 heterocycles. The first-order valence-electron chi connectivity index (χ1n) is 2.38. The van der Waals surface area contributed by atoms with Gasteiger partial charge >= 0.3 is 0 Å². The summed E-state index contributed by atoms with van der Waals surface area (Å²) >= 11 is 0. The molecule has 10 heavy (non-hydrogen) atoms. The molecule has 0 aromatic carbocycles. The fourth-order valence-electron chi connectivity index (χ4n) is 0.440. The highest BCUT2D eigenvalue weighted by Gasteiger charge is 2.02. The van der Waals surface area contributed by atoms with E-state index in [0.717, 1.165) is 0 Å². The van der Waals surface area contributed by atoms with E-state index in [9.17, 15) is 4.79 Å². The number of carbonyl (C=O) groups excluding carboxylic acids is 1. The molecule has 6 nitrogen and oxygen atoms in total. The lowest BCUT2D eigenvalue weighted by atomic mass is 10.4. The van der Waals surface area contributed by atoms with Gasteiger partial charge in [-0.25, -0.2) is 0 Å². The van der Waals surface area contributed by atoms with Crippen molar-refractivity contribution in [3.05, 3.63) is 11.9 Å². The van der Waals surface area contributed by atoms with Crippen molar-refractivity contribution in [2.24, 2.45) is 5.90 Å². The Morgan fingerprint density at radius 3 is 3.00 bits per heavy atom. The predicted octanol–water partition coefficient (Wildman–Crippen LogP) is -1.06. The summed E-state index contributed by atoms with van der Waals surface area (Å²) in [4.78, 5) is 14.4. The van der Waals surface area contributed by atoms with Gasteiger partial charge in [0.1, 0.15) is 0 Å². The summed E-state index contributed by atoms with van der Waals surface area (Å²) in [5.74, 6) is 4.88. The molecule has 0 spiro atoms. The summed E-state index contributed by atoms with van der Waals surface area (Å²) in [7, 11) is 0. The van der Waals surface area contributed by atoms with Gasteiger partial charge in [-0.15, -0.1) is 10.2 Å². The Hall–Kier alpha value is -1.56. The predicted molar refractivity (Wildman–Crippen MR) is 30.0 cm³/mol. The molecule has 0 fully saturated rings. The van der Waals surface area contributed by atoms with E-state index in [-0.39, 0.29) is 11.4 Å². The first-order chi connectivity index (χ1) is 4.88. The van der Waals surface area contributed by atoms with Crippen molar-refractivity contribution in [1.82, 2.24) is 15.4 Å². The van der Waals surface area contributed by atoms with Crippen molar-refractivity contribution in [3.8, 4) is 5.75 Å². The largest absolute Gasteiger partial charge is 0.407 e. The second kappa shape index (κ2) is 2.83. The minimum atomic E-state index is 0.0394. The molecule has 1 aromatic heterocycles. The minimum Gasteiger partial charge on any atom is -0.407 e. The number of hydrogen-bond acceptors (Lipinski definition) is 6. The SMILES string of the molecule is NOc1cnnnc1C=O. The second-order valence-corrected chi connectivity index (χ2v) is 1.42. The zero-order valence-corrected chi connectivity index (χ0v) is 4.89. The monoisotopic (exact) mass is 140 g/mol. The summed E-state index contributed by atoms with van der Waals surface area (Å²) in [5.41, 5.74) is 0.0394. The number of hydrogen-bond donors (Lipinski definition) is 1. The van der Waals surface area contributed by atoms with Gasteiger partial charge in [-0.2, -0.15) is 5.90 Å². The van der Waals surface area contributed by atoms with Gasteiger partial charge in [0.25, 0.3) is 0 Å². The van der Waals surface area contributed by atoms with E-state index in [2.05, 4.69) is 20.2 Å². The summed E-state index contributed by atoms with van der Waals surface area (Å²) in [6.45, 7) is 0. The van der Waals surface area contributed by atoms with Gasteiger partial charge in [-0.3, -0.25) is 4.79 Å². The van der Waals surface area contributed by atoms with Crippen molar-refractivity contribution in [1.29, 1.82) is 0 Å². The fourth-order valence-corrected chi connectivity index (χ4v) is 0.440. The third-order valence-electron chi connectivity index (χ3n) is 0.870. The smallest absolute Gasteiger partial charge is 0.197 e. The van der Waals surface area contributed by atoms with Crippen molar-refractivity contribution in [2.45, 2.75) is 0 Å². The lowest BCUT2D eigenvalue weighted by Gasteiger charge is -1.95. The van der Waals surface area contributed by atoms with Crippen LogP contribution >= 0.6 is 0 Å². The topological polar surface area (TPSA) is 91.0 Å². The number of aldehydes is 1. The van der Waals surface area contributed by atoms with Crippen LogP contribution in [0.1, 0.15) is 10.5 Å². The Morgan fingerprint density at radius 1 is 1.70 bits per heavy atom. The van der Waals surface area contributed by atoms with Crippen LogP contribution < -0.4 is 10.7 Å². The van der Waals surface area contributed by atoms with Gasteiger partial charge in [0, 0.05) is 0 Å². The number of carbonyl (C=O) groups is 1. The molecule has 0 amide bonds. The molecule has 0 bridgehead atoms. The van der Waals surface area contributed by atoms with E-state index < -0.39 is 0 Å². The van der Waals surface area contributed by atoms with E-state index >= 15 is 0 Å². The molecule has 0 unspecified atom stereocenters. The molecule has 0 saturated carbocycles. The Morgan fingerprint density at radius 2 is 2.50 bits per heavy atom. The van der Waals surface area contributed by atoms with Crippen LogP contribution in [0.25, 0.3) is 0 Å². The fraction of sp³-hybridized carbons (Fsp3) is 0. The highest BCUT2D eigenvalue weighted by molar-refractivity contribution is 5.75. The van der Waals surface area contributed by atoms with Crippen molar-refractivity contribution < 1.29 is 9.63 Å². The molecular weight excluding hydrogens is 136 g/mol. The minimum absolute atomic E-state index is 0.0394. The zero-order valence-electron chi connectivity index (χ0n) is 4.89. The summed E-state index contributed by atoms with van der Waals surface area (Å²) in [5, 5.41) is 9.87. The third kappa shape index (κ3) is 1.06. The molecule has 1 aromatic rings. The average Bonchev–Trinajstić information content (AvgIpc) is 2.04. The van der Waals surface area contributed by atoms with E-state index in [1.807, 2.05) is 0 Å². The van der Waals surface area contributed by atoms with Gasteiger partial charge in [0.15, 0.2) is 17.7 Å². The molecule has 6 heteroatoms. The molecule has 0 radical (unpaired) electrons. The van der Waals surface area contributed by atoms with Gasteiger partial charge in [-0.05, 0) is 5.21 Å². The van der Waals surface area contributed by atoms with Gasteiger partial charge in [-0.1, -0.05) is 0 Å². The van der Waals surface area contributed by atoms with E-state index in [4.69, 9.17) is 5.90 Å². The van der Waals surface area contributed by atoms with Crippen LogP contribution in [0, 0.1) is 0 Å². The first-order valence-corrected chi connectivity index (χ1v) is 2.38. The molecule has 2 N–H and O–H groups in total. The Balaban J connectivity index is 3.08. The standard InChI is InChI=1S/C4H4N4O2/c5-10-4-1-6-8-7-3(4)2-9/h1-2H,5H2. The summed E-state index contributed by atoms with van der Waals surface area (Å²) in [6, 6.07) is 0. The van der Waals surface area contributed by atoms with Crippen LogP contribution in [0.5, 0.6) is 5.75 Å². The van der Waals surface area contributed by atoms with Gasteiger partial charge in [0.05, 0.1) is 6.20 Å². The molecule has 0 aliphatic carbocycles. The van der Waals surface area contributed by atoms with Crippen LogP contribution in [-0.2, 0) is 0 Å². The molecule has 0 aliphatic heterocycles. The van der Waals surface area contributed by atoms with Crippen LogP contribution in [0.2, 0.25) is 0 Å². The molecular formula is C4H4N4O2. The first kappa shape index (κ1) is 6.56. The van der Waals surface area contributed by atoms with E-state index in [1.165, 1.54) is 6.20 Å². The Kier molecular flexibility index (Phi) is 1.86.